The van der Waals surface area contributed by atoms with E-state index in [4.69, 9.17) is 9.72 Å². The van der Waals surface area contributed by atoms with Gasteiger partial charge in [-0.05, 0) is 50.3 Å². The minimum Gasteiger partial charge on any atom is -0.489 e. The minimum absolute atomic E-state index is 0.110. The zero-order valence-electron chi connectivity index (χ0n) is 20.2. The molecule has 4 aromatic rings. The van der Waals surface area contributed by atoms with E-state index >= 15 is 0 Å². The third-order valence-corrected chi connectivity index (χ3v) is 7.47. The van der Waals surface area contributed by atoms with Crippen molar-refractivity contribution in [2.45, 2.75) is 45.3 Å². The predicted molar refractivity (Wildman–Crippen MR) is 138 cm³/mol. The number of thiazole rings is 1. The van der Waals surface area contributed by atoms with E-state index in [1.807, 2.05) is 50.5 Å². The van der Waals surface area contributed by atoms with Crippen LogP contribution in [0.15, 0.2) is 48.7 Å². The molecule has 0 radical (unpaired) electrons. The smallest absolute Gasteiger partial charge is 0.306 e. The lowest BCUT2D eigenvalue weighted by Crippen LogP contribution is -2.29. The largest absolute Gasteiger partial charge is 0.489 e. The molecule has 5 rings (SSSR count). The van der Waals surface area contributed by atoms with E-state index in [1.165, 1.54) is 0 Å². The summed E-state index contributed by atoms with van der Waals surface area (Å²) in [6, 6.07) is 13.9. The van der Waals surface area contributed by atoms with Crippen molar-refractivity contribution >= 4 is 22.4 Å². The highest BCUT2D eigenvalue weighted by Crippen LogP contribution is 2.32. The zero-order valence-corrected chi connectivity index (χ0v) is 21.0. The van der Waals surface area contributed by atoms with Crippen LogP contribution >= 0.6 is 11.3 Å². The van der Waals surface area contributed by atoms with Gasteiger partial charge in [-0.25, -0.2) is 14.6 Å². The summed E-state index contributed by atoms with van der Waals surface area (Å²) in [5.74, 6) is -0.409. The van der Waals surface area contributed by atoms with Crippen molar-refractivity contribution in [2.24, 2.45) is 13.0 Å². The normalized spacial score (nSPS) is 17.6. The van der Waals surface area contributed by atoms with Gasteiger partial charge in [-0.2, -0.15) is 0 Å². The minimum atomic E-state index is -0.744. The highest BCUT2D eigenvalue weighted by molar-refractivity contribution is 7.18. The van der Waals surface area contributed by atoms with Gasteiger partial charge in [0.2, 0.25) is 0 Å². The fraction of sp³-hybridized carbons (Fsp3) is 0.346. The van der Waals surface area contributed by atoms with Crippen molar-refractivity contribution < 1.29 is 14.6 Å². The number of ether oxygens (including phenoxy) is 1. The van der Waals surface area contributed by atoms with Gasteiger partial charge in [-0.3, -0.25) is 4.79 Å². The Morgan fingerprint density at radius 1 is 1.22 bits per heavy atom. The average molecular weight is 505 g/mol. The number of pyridine rings is 1. The summed E-state index contributed by atoms with van der Waals surface area (Å²) in [5.41, 5.74) is 4.18. The number of benzene rings is 1. The van der Waals surface area contributed by atoms with Crippen molar-refractivity contribution in [3.05, 3.63) is 60.0 Å². The molecule has 3 heterocycles. The Morgan fingerprint density at radius 3 is 2.83 bits per heavy atom. The van der Waals surface area contributed by atoms with Gasteiger partial charge >= 0.3 is 5.97 Å². The Kier molecular flexibility index (Phi) is 6.95. The molecule has 10 heteroatoms. The number of aromatic nitrogens is 5. The third kappa shape index (κ3) is 5.23. The standard InChI is InChI=1S/C26H28N6O3S/c1-16-22(35-19-10-6-9-18(13-19)25(33)34)12-11-20(29-16)24-21(32(2)31-30-24)14-27-26-28-15-23(36-26)17-7-4-3-5-8-17/h3-5,7-8,11-12,15,18-19H,6,9-10,13-14H2,1-2H3,(H,27,28)(H,33,34)/t18-,19-/m0/s1. The fourth-order valence-corrected chi connectivity index (χ4v) is 5.30. The van der Waals surface area contributed by atoms with E-state index in [1.54, 1.807) is 16.0 Å². The summed E-state index contributed by atoms with van der Waals surface area (Å²) < 4.78 is 7.89. The molecule has 1 aliphatic rings. The van der Waals surface area contributed by atoms with Crippen molar-refractivity contribution in [3.63, 3.8) is 0 Å². The monoisotopic (exact) mass is 504 g/mol. The molecule has 0 unspecified atom stereocenters. The lowest BCUT2D eigenvalue weighted by Gasteiger charge is -2.27. The molecule has 186 valence electrons. The second kappa shape index (κ2) is 10.4. The summed E-state index contributed by atoms with van der Waals surface area (Å²) in [5, 5.41) is 22.1. The van der Waals surface area contributed by atoms with Crippen LogP contribution in [0, 0.1) is 12.8 Å². The molecular formula is C26H28N6O3S. The van der Waals surface area contributed by atoms with Crippen LogP contribution in [0.1, 0.15) is 37.1 Å². The molecule has 0 saturated heterocycles. The van der Waals surface area contributed by atoms with E-state index in [-0.39, 0.29) is 12.0 Å². The molecule has 0 bridgehead atoms. The molecule has 0 spiro atoms. The summed E-state index contributed by atoms with van der Waals surface area (Å²) in [7, 11) is 1.86. The van der Waals surface area contributed by atoms with Gasteiger partial charge in [0.1, 0.15) is 11.4 Å². The first-order chi connectivity index (χ1) is 17.5. The molecule has 2 N–H and O–H groups in total. The van der Waals surface area contributed by atoms with E-state index in [2.05, 4.69) is 32.7 Å². The number of rotatable bonds is 8. The molecule has 1 aromatic carbocycles. The summed E-state index contributed by atoms with van der Waals surface area (Å²) >= 11 is 1.60. The van der Waals surface area contributed by atoms with E-state index in [9.17, 15) is 9.90 Å². The van der Waals surface area contributed by atoms with Crippen LogP contribution in [0.4, 0.5) is 5.13 Å². The number of anilines is 1. The first-order valence-corrected chi connectivity index (χ1v) is 12.8. The molecule has 0 amide bonds. The van der Waals surface area contributed by atoms with E-state index in [0.717, 1.165) is 39.8 Å². The second-order valence-electron chi connectivity index (χ2n) is 8.98. The van der Waals surface area contributed by atoms with Gasteiger partial charge in [0.25, 0.3) is 0 Å². The topological polar surface area (TPSA) is 115 Å². The molecule has 9 nitrogen and oxygen atoms in total. The van der Waals surface area contributed by atoms with Gasteiger partial charge in [-0.15, -0.1) is 5.10 Å². The lowest BCUT2D eigenvalue weighted by molar-refractivity contribution is -0.143. The van der Waals surface area contributed by atoms with Gasteiger partial charge in [0.05, 0.1) is 40.5 Å². The van der Waals surface area contributed by atoms with Crippen LogP contribution in [0.3, 0.4) is 0 Å². The van der Waals surface area contributed by atoms with Crippen LogP contribution in [0.2, 0.25) is 0 Å². The Balaban J connectivity index is 1.28. The average Bonchev–Trinajstić information content (AvgIpc) is 3.51. The van der Waals surface area contributed by atoms with Gasteiger partial charge in [0, 0.05) is 13.2 Å². The molecule has 1 aliphatic carbocycles. The number of hydrogen-bond acceptors (Lipinski definition) is 8. The summed E-state index contributed by atoms with van der Waals surface area (Å²) in [4.78, 5) is 21.7. The molecule has 36 heavy (non-hydrogen) atoms. The Labute approximate surface area is 213 Å². The molecule has 2 atom stereocenters. The SMILES string of the molecule is Cc1nc(-c2nnn(C)c2CNc2ncc(-c3ccccc3)s2)ccc1O[C@H]1CCC[C@H](C(=O)O)C1. The summed E-state index contributed by atoms with van der Waals surface area (Å²) in [6.07, 6.45) is 4.71. The predicted octanol–water partition coefficient (Wildman–Crippen LogP) is 4.94. The van der Waals surface area contributed by atoms with Crippen LogP contribution in [-0.4, -0.2) is 42.1 Å². The maximum absolute atomic E-state index is 11.4. The molecule has 1 fully saturated rings. The number of aryl methyl sites for hydroxylation is 2. The maximum Gasteiger partial charge on any atom is 0.306 e. The van der Waals surface area contributed by atoms with E-state index in [0.29, 0.717) is 36.5 Å². The van der Waals surface area contributed by atoms with Crippen molar-refractivity contribution in [1.29, 1.82) is 0 Å². The lowest BCUT2D eigenvalue weighted by atomic mass is 9.87. The van der Waals surface area contributed by atoms with Gasteiger partial charge < -0.3 is 15.2 Å². The molecule has 3 aromatic heterocycles. The number of carboxylic acid groups (broad SMARTS) is 1. The third-order valence-electron chi connectivity index (χ3n) is 6.46. The van der Waals surface area contributed by atoms with Crippen molar-refractivity contribution in [3.8, 4) is 27.6 Å². The molecule has 1 saturated carbocycles. The summed E-state index contributed by atoms with van der Waals surface area (Å²) in [6.45, 7) is 2.39. The second-order valence-corrected chi connectivity index (χ2v) is 10.0. The number of aliphatic carboxylic acids is 1. The first kappa shape index (κ1) is 23.9. The van der Waals surface area contributed by atoms with Crippen molar-refractivity contribution in [1.82, 2.24) is 25.0 Å². The zero-order chi connectivity index (χ0) is 25.1. The number of nitrogens with zero attached hydrogens (tertiary/aromatic N) is 5. The maximum atomic E-state index is 11.4. The molecule has 0 aliphatic heterocycles. The number of hydrogen-bond donors (Lipinski definition) is 2. The van der Waals surface area contributed by atoms with E-state index < -0.39 is 5.97 Å². The number of carboxylic acids is 1. The first-order valence-electron chi connectivity index (χ1n) is 12.0. The highest BCUT2D eigenvalue weighted by Gasteiger charge is 2.28. The fourth-order valence-electron chi connectivity index (χ4n) is 4.49. The Morgan fingerprint density at radius 2 is 2.06 bits per heavy atom. The van der Waals surface area contributed by atoms with Crippen LogP contribution in [-0.2, 0) is 18.4 Å². The molecular weight excluding hydrogens is 476 g/mol. The highest BCUT2D eigenvalue weighted by atomic mass is 32.1. The van der Waals surface area contributed by atoms with Gasteiger partial charge in [-0.1, -0.05) is 46.9 Å². The number of nitrogens with one attached hydrogen (secondary N) is 1. The Hall–Kier alpha value is -3.79. The quantitative estimate of drug-likeness (QED) is 0.347. The Bertz CT molecular complexity index is 1350. The van der Waals surface area contributed by atoms with Crippen LogP contribution in [0.5, 0.6) is 5.75 Å². The van der Waals surface area contributed by atoms with Crippen LogP contribution in [0.25, 0.3) is 21.8 Å². The van der Waals surface area contributed by atoms with Crippen molar-refractivity contribution in [2.75, 3.05) is 5.32 Å². The number of carbonyl (C=O) groups is 1. The van der Waals surface area contributed by atoms with Gasteiger partial charge in [0.15, 0.2) is 5.13 Å². The van der Waals surface area contributed by atoms with Crippen LogP contribution < -0.4 is 10.1 Å².